The standard InChI is InChI=1S/C19H26O2P/c1-2-3-4-7-14-22(20,21)15-8-9-17-12-13-18-10-5-6-11-19(18)16-17/h5-7,10-13,16H,2-4,8-9,14-15H2,1H3,(H,20,21). The highest BCUT2D eigenvalue weighted by atomic mass is 31.2. The Morgan fingerprint density at radius 1 is 1.09 bits per heavy atom. The Labute approximate surface area is 134 Å². The van der Waals surface area contributed by atoms with Crippen LogP contribution in [-0.2, 0) is 11.0 Å². The maximum atomic E-state index is 12.1. The molecule has 1 unspecified atom stereocenters. The number of unbranched alkanes of at least 4 members (excludes halogenated alkanes) is 3. The normalized spacial score (nSPS) is 14.1. The highest BCUT2D eigenvalue weighted by molar-refractivity contribution is 7.58. The lowest BCUT2D eigenvalue weighted by Crippen LogP contribution is -1.98. The third-order valence-electron chi connectivity index (χ3n) is 3.96. The Morgan fingerprint density at radius 2 is 1.86 bits per heavy atom. The van der Waals surface area contributed by atoms with E-state index >= 15 is 0 Å². The Bertz CT molecular complexity index is 636. The smallest absolute Gasteiger partial charge is 0.200 e. The van der Waals surface area contributed by atoms with Crippen LogP contribution in [0.15, 0.2) is 42.5 Å². The molecule has 0 bridgehead atoms. The van der Waals surface area contributed by atoms with Crippen molar-refractivity contribution in [3.05, 3.63) is 54.4 Å². The van der Waals surface area contributed by atoms with Gasteiger partial charge in [-0.05, 0) is 42.0 Å². The van der Waals surface area contributed by atoms with E-state index in [0.717, 1.165) is 32.1 Å². The van der Waals surface area contributed by atoms with E-state index in [1.54, 1.807) is 0 Å². The second-order valence-electron chi connectivity index (χ2n) is 5.97. The zero-order valence-electron chi connectivity index (χ0n) is 13.4. The van der Waals surface area contributed by atoms with Crippen molar-refractivity contribution in [2.24, 2.45) is 0 Å². The van der Waals surface area contributed by atoms with Crippen LogP contribution in [0.3, 0.4) is 0 Å². The fourth-order valence-electron chi connectivity index (χ4n) is 2.66. The summed E-state index contributed by atoms with van der Waals surface area (Å²) in [5, 5.41) is 2.48. The predicted octanol–water partition coefficient (Wildman–Crippen LogP) is 5.44. The van der Waals surface area contributed by atoms with Gasteiger partial charge in [0, 0.05) is 12.3 Å². The SMILES string of the molecule is CCCC[CH]CP(=O)(O)CCCc1ccc2ccccc2c1. The van der Waals surface area contributed by atoms with Gasteiger partial charge in [0.15, 0.2) is 0 Å². The topological polar surface area (TPSA) is 37.3 Å². The summed E-state index contributed by atoms with van der Waals surface area (Å²) in [7, 11) is -2.97. The molecule has 0 saturated carbocycles. The van der Waals surface area contributed by atoms with Gasteiger partial charge in [-0.25, -0.2) is 0 Å². The highest BCUT2D eigenvalue weighted by Crippen LogP contribution is 2.42. The average molecular weight is 317 g/mol. The molecule has 0 aliphatic carbocycles. The van der Waals surface area contributed by atoms with Crippen LogP contribution in [0, 0.1) is 6.42 Å². The summed E-state index contributed by atoms with van der Waals surface area (Å²) in [6.45, 7) is 2.13. The second kappa shape index (κ2) is 8.50. The first-order valence-electron chi connectivity index (χ1n) is 8.21. The molecule has 0 fully saturated rings. The lowest BCUT2D eigenvalue weighted by atomic mass is 10.0. The van der Waals surface area contributed by atoms with Crippen molar-refractivity contribution >= 4 is 18.1 Å². The summed E-state index contributed by atoms with van der Waals surface area (Å²) in [5.41, 5.74) is 1.24. The first-order valence-corrected chi connectivity index (χ1v) is 10.2. The molecule has 0 saturated heterocycles. The molecule has 0 aliphatic rings. The minimum Gasteiger partial charge on any atom is -0.344 e. The predicted molar refractivity (Wildman–Crippen MR) is 95.7 cm³/mol. The van der Waals surface area contributed by atoms with Crippen molar-refractivity contribution < 1.29 is 9.46 Å². The summed E-state index contributed by atoms with van der Waals surface area (Å²) >= 11 is 0. The molecule has 2 rings (SSSR count). The molecule has 1 radical (unpaired) electrons. The van der Waals surface area contributed by atoms with Gasteiger partial charge in [-0.1, -0.05) is 62.2 Å². The lowest BCUT2D eigenvalue weighted by Gasteiger charge is -2.11. The van der Waals surface area contributed by atoms with Crippen molar-refractivity contribution in [2.45, 2.75) is 39.0 Å². The largest absolute Gasteiger partial charge is 0.344 e. The van der Waals surface area contributed by atoms with Crippen LogP contribution < -0.4 is 0 Å². The van der Waals surface area contributed by atoms with Gasteiger partial charge in [-0.15, -0.1) is 0 Å². The number of aryl methyl sites for hydroxylation is 1. The van der Waals surface area contributed by atoms with Crippen LogP contribution >= 0.6 is 7.37 Å². The van der Waals surface area contributed by atoms with E-state index in [0.29, 0.717) is 12.3 Å². The van der Waals surface area contributed by atoms with Crippen molar-refractivity contribution in [1.29, 1.82) is 0 Å². The van der Waals surface area contributed by atoms with E-state index in [9.17, 15) is 9.46 Å². The van der Waals surface area contributed by atoms with Gasteiger partial charge in [-0.2, -0.15) is 0 Å². The van der Waals surface area contributed by atoms with Crippen molar-refractivity contribution in [1.82, 2.24) is 0 Å². The Hall–Kier alpha value is -1.11. The van der Waals surface area contributed by atoms with Gasteiger partial charge in [0.05, 0.1) is 0 Å². The Morgan fingerprint density at radius 3 is 2.64 bits per heavy atom. The van der Waals surface area contributed by atoms with Crippen LogP contribution in [-0.4, -0.2) is 17.2 Å². The van der Waals surface area contributed by atoms with E-state index in [1.807, 2.05) is 18.6 Å². The lowest BCUT2D eigenvalue weighted by molar-refractivity contribution is 0.477. The van der Waals surface area contributed by atoms with Crippen LogP contribution in [0.2, 0.25) is 0 Å². The van der Waals surface area contributed by atoms with Crippen LogP contribution in [0.4, 0.5) is 0 Å². The zero-order valence-corrected chi connectivity index (χ0v) is 14.3. The molecule has 0 aromatic heterocycles. The Balaban J connectivity index is 1.80. The minimum absolute atomic E-state index is 0.366. The molecule has 1 N–H and O–H groups in total. The molecule has 0 heterocycles. The quantitative estimate of drug-likeness (QED) is 0.494. The number of hydrogen-bond acceptors (Lipinski definition) is 1. The summed E-state index contributed by atoms with van der Waals surface area (Å²) < 4.78 is 12.1. The molecule has 119 valence electrons. The monoisotopic (exact) mass is 317 g/mol. The van der Waals surface area contributed by atoms with Gasteiger partial charge >= 0.3 is 0 Å². The van der Waals surface area contributed by atoms with Crippen molar-refractivity contribution in [3.63, 3.8) is 0 Å². The van der Waals surface area contributed by atoms with Gasteiger partial charge in [0.2, 0.25) is 7.37 Å². The van der Waals surface area contributed by atoms with Crippen LogP contribution in [0.1, 0.15) is 38.2 Å². The van der Waals surface area contributed by atoms with Crippen LogP contribution in [0.5, 0.6) is 0 Å². The van der Waals surface area contributed by atoms with E-state index in [2.05, 4.69) is 37.3 Å². The van der Waals surface area contributed by atoms with Gasteiger partial charge in [-0.3, -0.25) is 4.57 Å². The molecule has 2 aromatic rings. The first-order chi connectivity index (χ1) is 10.6. The second-order valence-corrected chi connectivity index (χ2v) is 8.47. The first kappa shape index (κ1) is 17.2. The maximum absolute atomic E-state index is 12.1. The maximum Gasteiger partial charge on any atom is 0.200 e. The fraction of sp³-hybridized carbons (Fsp3) is 0.421. The molecule has 0 spiro atoms. The Kier molecular flexibility index (Phi) is 6.67. The van der Waals surface area contributed by atoms with E-state index in [1.165, 1.54) is 16.3 Å². The molecule has 2 aromatic carbocycles. The summed E-state index contributed by atoms with van der Waals surface area (Å²) in [6.07, 6.45) is 7.60. The molecule has 3 heteroatoms. The molecule has 0 amide bonds. The number of benzene rings is 2. The van der Waals surface area contributed by atoms with Gasteiger partial charge in [0.25, 0.3) is 0 Å². The summed E-state index contributed by atoms with van der Waals surface area (Å²) in [4.78, 5) is 9.99. The van der Waals surface area contributed by atoms with Crippen LogP contribution in [0.25, 0.3) is 10.8 Å². The van der Waals surface area contributed by atoms with E-state index in [-0.39, 0.29) is 0 Å². The van der Waals surface area contributed by atoms with E-state index < -0.39 is 7.37 Å². The molecule has 1 atom stereocenters. The van der Waals surface area contributed by atoms with Gasteiger partial charge < -0.3 is 4.89 Å². The molecule has 0 aliphatic heterocycles. The van der Waals surface area contributed by atoms with Crippen molar-refractivity contribution in [3.8, 4) is 0 Å². The fourth-order valence-corrected chi connectivity index (χ4v) is 4.08. The molecule has 22 heavy (non-hydrogen) atoms. The third-order valence-corrected chi connectivity index (χ3v) is 5.81. The number of rotatable bonds is 9. The average Bonchev–Trinajstić information content (AvgIpc) is 2.51. The summed E-state index contributed by atoms with van der Waals surface area (Å²) in [5.74, 6) is 0. The number of hydrogen-bond donors (Lipinski definition) is 1. The zero-order chi connectivity index (χ0) is 15.8. The molecule has 2 nitrogen and oxygen atoms in total. The highest BCUT2D eigenvalue weighted by Gasteiger charge is 2.16. The molecular weight excluding hydrogens is 291 g/mol. The summed E-state index contributed by atoms with van der Waals surface area (Å²) in [6, 6.07) is 14.7. The minimum atomic E-state index is -2.97. The van der Waals surface area contributed by atoms with Gasteiger partial charge in [0.1, 0.15) is 0 Å². The third kappa shape index (κ3) is 5.59. The molecular formula is C19H26O2P. The van der Waals surface area contributed by atoms with Crippen molar-refractivity contribution in [2.75, 3.05) is 12.3 Å². The van der Waals surface area contributed by atoms with E-state index in [4.69, 9.17) is 0 Å². The number of fused-ring (bicyclic) bond motifs is 1.